The number of hydrogen-bond acceptors (Lipinski definition) is 0. The summed E-state index contributed by atoms with van der Waals surface area (Å²) in [6, 6.07) is 9.37. The van der Waals surface area contributed by atoms with Crippen molar-refractivity contribution in [3.8, 4) is 22.3 Å². The number of benzene rings is 4. The van der Waals surface area contributed by atoms with E-state index in [1.54, 1.807) is 52.0 Å². The monoisotopic (exact) mass is 928 g/mol. The standard InChI is InChI=1S/2C19H13F6.C2H6Si.2ClH.Zr/c2*1-10-3-12-4-11(2)6-17(16(12)5-10)13-7-14(18(20,21)22)9-15(8-13)19(23,24)25;1-3-2;;;/h2*3-9H,1-2H3;1-2H3;2*1H;/q;;;;;+2/p-2. The Labute approximate surface area is 323 Å². The topological polar surface area (TPSA) is 0 Å². The minimum atomic E-state index is -5.68. The molecule has 4 aromatic carbocycles. The van der Waals surface area contributed by atoms with Crippen LogP contribution in [0.15, 0.2) is 71.8 Å². The first-order chi connectivity index (χ1) is 25.4. The molecular formula is C40H32Cl2F12SiZr. The molecule has 0 aliphatic heterocycles. The summed E-state index contributed by atoms with van der Waals surface area (Å²) in [7, 11) is 16.3. The molecule has 2 atom stereocenters. The van der Waals surface area contributed by atoms with E-state index in [9.17, 15) is 52.7 Å². The van der Waals surface area contributed by atoms with Gasteiger partial charge in [0.05, 0.1) is 0 Å². The molecule has 0 bridgehead atoms. The van der Waals surface area contributed by atoms with Gasteiger partial charge in [0.15, 0.2) is 0 Å². The molecule has 0 N–H and O–H groups in total. The molecule has 0 aromatic heterocycles. The van der Waals surface area contributed by atoms with Gasteiger partial charge in [0.2, 0.25) is 0 Å². The predicted molar refractivity (Wildman–Crippen MR) is 195 cm³/mol. The van der Waals surface area contributed by atoms with Crippen molar-refractivity contribution in [3.05, 3.63) is 127 Å². The van der Waals surface area contributed by atoms with E-state index in [1.807, 2.05) is 13.1 Å². The van der Waals surface area contributed by atoms with Gasteiger partial charge >= 0.3 is 325 Å². The number of aryl methyl sites for hydroxylation is 2. The van der Waals surface area contributed by atoms with Crippen molar-refractivity contribution in [1.82, 2.24) is 0 Å². The Morgan fingerprint density at radius 1 is 0.464 bits per heavy atom. The Morgan fingerprint density at radius 2 is 0.750 bits per heavy atom. The second-order valence-corrected chi connectivity index (χ2v) is 53.8. The summed E-state index contributed by atoms with van der Waals surface area (Å²) in [4.78, 5) is 0. The molecule has 0 saturated carbocycles. The molecule has 0 heterocycles. The van der Waals surface area contributed by atoms with Gasteiger partial charge in [-0.1, -0.05) is 0 Å². The van der Waals surface area contributed by atoms with E-state index in [2.05, 4.69) is 0 Å². The minimum absolute atomic E-state index is 0.0620. The predicted octanol–water partition coefficient (Wildman–Crippen LogP) is 15.6. The molecule has 4 aromatic rings. The maximum atomic E-state index is 14.0. The van der Waals surface area contributed by atoms with Crippen LogP contribution >= 0.6 is 17.0 Å². The van der Waals surface area contributed by atoms with Gasteiger partial charge < -0.3 is 0 Å². The summed E-state index contributed by atoms with van der Waals surface area (Å²) in [5.74, 6) is 0. The van der Waals surface area contributed by atoms with Crippen molar-refractivity contribution in [2.45, 2.75) is 72.7 Å². The summed E-state index contributed by atoms with van der Waals surface area (Å²) in [5, 5.41) is 0. The molecule has 56 heavy (non-hydrogen) atoms. The number of allylic oxidation sites excluding steroid dienone is 2. The molecule has 0 spiro atoms. The number of halogens is 14. The molecule has 6 rings (SSSR count). The summed E-state index contributed by atoms with van der Waals surface area (Å²) in [5.41, 5.74) is -3.97. The van der Waals surface area contributed by atoms with Crippen LogP contribution in [0.25, 0.3) is 34.4 Å². The molecule has 0 saturated heterocycles. The average molecular weight is 931 g/mol. The van der Waals surface area contributed by atoms with Crippen molar-refractivity contribution in [3.63, 3.8) is 0 Å². The Balaban J connectivity index is 1.61. The van der Waals surface area contributed by atoms with Crippen LogP contribution in [0.1, 0.15) is 76.7 Å². The maximum absolute atomic E-state index is 14.0. The molecule has 16 heteroatoms. The molecular weight excluding hydrogens is 899 g/mol. The van der Waals surface area contributed by atoms with Crippen LogP contribution in [0.5, 0.6) is 0 Å². The molecule has 0 fully saturated rings. The van der Waals surface area contributed by atoms with E-state index in [0.717, 1.165) is 0 Å². The zero-order chi connectivity index (χ0) is 41.9. The molecule has 0 amide bonds. The van der Waals surface area contributed by atoms with Crippen molar-refractivity contribution in [2.75, 3.05) is 0 Å². The number of fused-ring (bicyclic) bond motifs is 2. The first-order valence-electron chi connectivity index (χ1n) is 17.1. The van der Waals surface area contributed by atoms with E-state index >= 15 is 0 Å². The van der Waals surface area contributed by atoms with Crippen molar-refractivity contribution < 1.29 is 67.7 Å². The fraction of sp³-hybridized carbons (Fsp3) is 0.300. The third-order valence-electron chi connectivity index (χ3n) is 10.8. The van der Waals surface area contributed by atoms with Gasteiger partial charge in [-0.25, -0.2) is 0 Å². The quantitative estimate of drug-likeness (QED) is 0.141. The van der Waals surface area contributed by atoms with Crippen molar-refractivity contribution >= 4 is 34.6 Å². The molecule has 2 aliphatic rings. The van der Waals surface area contributed by atoms with Gasteiger partial charge in [0.1, 0.15) is 0 Å². The van der Waals surface area contributed by atoms with Crippen LogP contribution in [-0.2, 0) is 39.7 Å². The van der Waals surface area contributed by atoms with Crippen LogP contribution in [0.2, 0.25) is 13.1 Å². The number of hydrogen-bond donors (Lipinski definition) is 0. The van der Waals surface area contributed by atoms with Crippen LogP contribution in [0.4, 0.5) is 52.7 Å². The summed E-state index contributed by atoms with van der Waals surface area (Å²) >= 11 is -5.68. The van der Waals surface area contributed by atoms with Gasteiger partial charge in [-0.15, -0.1) is 0 Å². The van der Waals surface area contributed by atoms with E-state index in [0.29, 0.717) is 68.8 Å². The zero-order valence-corrected chi connectivity index (χ0v) is 35.3. The zero-order valence-electron chi connectivity index (χ0n) is 30.4. The van der Waals surface area contributed by atoms with E-state index in [4.69, 9.17) is 17.0 Å². The third-order valence-corrected chi connectivity index (χ3v) is 57.8. The number of rotatable bonds is 4. The second kappa shape index (κ2) is 13.6. The van der Waals surface area contributed by atoms with Gasteiger partial charge in [-0.3, -0.25) is 0 Å². The Bertz CT molecular complexity index is 2230. The first kappa shape index (κ1) is 42.8. The first-order valence-corrected chi connectivity index (χ1v) is 32.4. The van der Waals surface area contributed by atoms with Crippen LogP contribution in [0.3, 0.4) is 0 Å². The van der Waals surface area contributed by atoms with Crippen molar-refractivity contribution in [1.29, 1.82) is 0 Å². The fourth-order valence-electron chi connectivity index (χ4n) is 8.41. The van der Waals surface area contributed by atoms with E-state index < -0.39 is 74.7 Å². The summed E-state index contributed by atoms with van der Waals surface area (Å²) in [6.07, 6.45) is -17.0. The molecule has 2 aliphatic carbocycles. The van der Waals surface area contributed by atoms with Gasteiger partial charge in [-0.2, -0.15) is 0 Å². The normalized spacial score (nSPS) is 17.8. The Kier molecular flexibility index (Phi) is 10.4. The Morgan fingerprint density at radius 3 is 1.00 bits per heavy atom. The second-order valence-electron chi connectivity index (χ2n) is 15.0. The SMILES string of the molecule is CC1=Cc2c(-c3cc(C(F)(F)F)cc(C(F)(F)F)c3)cc(C)cc2[CH]1[Zr]([Cl])([Cl])([CH]1C(C)=Cc2c(-c3cc(C(F)(F)F)cc(C(F)(F)F)c3)cc(C)cc21)=[Si](C)C. The van der Waals surface area contributed by atoms with E-state index in [1.165, 1.54) is 12.1 Å². The van der Waals surface area contributed by atoms with Gasteiger partial charge in [0.25, 0.3) is 0 Å². The average Bonchev–Trinajstić information content (AvgIpc) is 3.58. The van der Waals surface area contributed by atoms with Crippen LogP contribution in [0, 0.1) is 13.8 Å². The van der Waals surface area contributed by atoms with Crippen LogP contribution < -0.4 is 0 Å². The van der Waals surface area contributed by atoms with Gasteiger partial charge in [0, 0.05) is 0 Å². The molecule has 298 valence electrons. The van der Waals surface area contributed by atoms with E-state index in [-0.39, 0.29) is 34.4 Å². The number of alkyl halides is 12. The van der Waals surface area contributed by atoms with Gasteiger partial charge in [-0.05, 0) is 0 Å². The summed E-state index contributed by atoms with van der Waals surface area (Å²) in [6.45, 7) is 10.6. The molecule has 0 nitrogen and oxygen atoms in total. The summed E-state index contributed by atoms with van der Waals surface area (Å²) < 4.78 is 166. The molecule has 0 radical (unpaired) electrons. The Hall–Kier alpha value is -2.80. The molecule has 2 unspecified atom stereocenters. The van der Waals surface area contributed by atoms with Crippen molar-refractivity contribution in [2.24, 2.45) is 0 Å². The fourth-order valence-corrected chi connectivity index (χ4v) is 38.8. The third kappa shape index (κ3) is 7.27. The van der Waals surface area contributed by atoms with Crippen LogP contribution in [-0.4, -0.2) is 5.43 Å².